The molecular formula is C15H21ClFNO2. The van der Waals surface area contributed by atoms with Gasteiger partial charge in [-0.2, -0.15) is 0 Å². The number of rotatable bonds is 5. The summed E-state index contributed by atoms with van der Waals surface area (Å²) in [5, 5.41) is -0.0216. The maximum atomic E-state index is 13.1. The molecule has 0 aliphatic carbocycles. The van der Waals surface area contributed by atoms with Crippen LogP contribution >= 0.6 is 11.6 Å². The lowest BCUT2D eigenvalue weighted by Gasteiger charge is -2.33. The van der Waals surface area contributed by atoms with Gasteiger partial charge in [0.25, 0.3) is 5.91 Å². The van der Waals surface area contributed by atoms with Crippen LogP contribution in [0.5, 0.6) is 5.75 Å². The quantitative estimate of drug-likeness (QED) is 0.825. The summed E-state index contributed by atoms with van der Waals surface area (Å²) in [6.07, 6.45) is -0.652. The van der Waals surface area contributed by atoms with Gasteiger partial charge in [0.05, 0.1) is 5.02 Å². The number of carbonyl (C=O) groups excluding carboxylic acids is 1. The number of nitrogens with zero attached hydrogens (tertiary/aromatic N) is 1. The van der Waals surface area contributed by atoms with Gasteiger partial charge in [0.15, 0.2) is 6.10 Å². The van der Waals surface area contributed by atoms with Gasteiger partial charge in [0.1, 0.15) is 11.6 Å². The fraction of sp³-hybridized carbons (Fsp3) is 0.533. The van der Waals surface area contributed by atoms with E-state index in [1.807, 2.05) is 27.7 Å². The minimum atomic E-state index is -0.652. The normalized spacial score (nSPS) is 12.7. The number of benzene rings is 1. The molecule has 0 bridgehead atoms. The van der Waals surface area contributed by atoms with Crippen LogP contribution in [0, 0.1) is 5.82 Å². The minimum absolute atomic E-state index is 0.0216. The third-order valence-electron chi connectivity index (χ3n) is 2.92. The third-order valence-corrected chi connectivity index (χ3v) is 3.21. The van der Waals surface area contributed by atoms with Crippen LogP contribution < -0.4 is 4.74 Å². The topological polar surface area (TPSA) is 29.5 Å². The summed E-state index contributed by atoms with van der Waals surface area (Å²) < 4.78 is 18.6. The molecule has 0 saturated carbocycles. The molecule has 112 valence electrons. The molecule has 0 saturated heterocycles. The van der Waals surface area contributed by atoms with E-state index >= 15 is 0 Å². The Morgan fingerprint density at radius 2 is 1.75 bits per heavy atom. The lowest BCUT2D eigenvalue weighted by Crippen LogP contribution is -2.48. The van der Waals surface area contributed by atoms with Crippen LogP contribution in [0.2, 0.25) is 5.02 Å². The monoisotopic (exact) mass is 301 g/mol. The first-order chi connectivity index (χ1) is 9.23. The molecule has 1 rings (SSSR count). The highest BCUT2D eigenvalue weighted by Gasteiger charge is 2.26. The summed E-state index contributed by atoms with van der Waals surface area (Å²) in [6.45, 7) is 9.51. The second-order valence-corrected chi connectivity index (χ2v) is 5.68. The fourth-order valence-corrected chi connectivity index (χ4v) is 2.29. The van der Waals surface area contributed by atoms with E-state index in [2.05, 4.69) is 0 Å². The predicted molar refractivity (Wildman–Crippen MR) is 78.6 cm³/mol. The molecule has 0 aliphatic rings. The maximum Gasteiger partial charge on any atom is 0.263 e. The molecule has 1 amide bonds. The van der Waals surface area contributed by atoms with E-state index in [9.17, 15) is 9.18 Å². The highest BCUT2D eigenvalue weighted by atomic mass is 35.5. The molecule has 0 aromatic heterocycles. The molecule has 0 fully saturated rings. The molecule has 5 heteroatoms. The highest BCUT2D eigenvalue weighted by Crippen LogP contribution is 2.22. The van der Waals surface area contributed by atoms with Crippen LogP contribution in [0.3, 0.4) is 0 Å². The number of hydrogen-bond donors (Lipinski definition) is 0. The van der Waals surface area contributed by atoms with Crippen molar-refractivity contribution in [2.24, 2.45) is 0 Å². The standard InChI is InChI=1S/C15H21ClFNO2/c1-9(2)18(10(3)4)15(19)11(5)20-12-6-7-14(17)13(16)8-12/h6-11H,1-5H3. The summed E-state index contributed by atoms with van der Waals surface area (Å²) in [5.74, 6) is -0.232. The molecule has 0 spiro atoms. The van der Waals surface area contributed by atoms with E-state index in [0.29, 0.717) is 5.75 Å². The Morgan fingerprint density at radius 1 is 1.20 bits per heavy atom. The van der Waals surface area contributed by atoms with Crippen LogP contribution in [-0.4, -0.2) is 29.0 Å². The Morgan fingerprint density at radius 3 is 2.20 bits per heavy atom. The van der Waals surface area contributed by atoms with Gasteiger partial charge in [0, 0.05) is 18.2 Å². The van der Waals surface area contributed by atoms with E-state index in [1.54, 1.807) is 11.8 Å². The van der Waals surface area contributed by atoms with Crippen LogP contribution in [0.15, 0.2) is 18.2 Å². The van der Waals surface area contributed by atoms with Crippen LogP contribution in [0.4, 0.5) is 4.39 Å². The first kappa shape index (κ1) is 16.8. The van der Waals surface area contributed by atoms with Crippen molar-refractivity contribution in [1.29, 1.82) is 0 Å². The minimum Gasteiger partial charge on any atom is -0.481 e. The van der Waals surface area contributed by atoms with E-state index < -0.39 is 11.9 Å². The molecule has 1 unspecified atom stereocenters. The molecule has 0 aliphatic heterocycles. The molecule has 1 aromatic carbocycles. The van der Waals surface area contributed by atoms with Crippen molar-refractivity contribution in [3.63, 3.8) is 0 Å². The zero-order chi connectivity index (χ0) is 15.4. The molecule has 0 heterocycles. The van der Waals surface area contributed by atoms with Crippen molar-refractivity contribution >= 4 is 17.5 Å². The molecule has 20 heavy (non-hydrogen) atoms. The van der Waals surface area contributed by atoms with Gasteiger partial charge in [-0.3, -0.25) is 4.79 Å². The summed E-state index contributed by atoms with van der Waals surface area (Å²) in [7, 11) is 0. The molecule has 0 radical (unpaired) electrons. The maximum absolute atomic E-state index is 13.1. The van der Waals surface area contributed by atoms with Crippen molar-refractivity contribution in [1.82, 2.24) is 4.90 Å². The average molecular weight is 302 g/mol. The van der Waals surface area contributed by atoms with Crippen molar-refractivity contribution in [2.75, 3.05) is 0 Å². The summed E-state index contributed by atoms with van der Waals surface area (Å²) in [6, 6.07) is 4.23. The van der Waals surface area contributed by atoms with Crippen molar-refractivity contribution < 1.29 is 13.9 Å². The van der Waals surface area contributed by atoms with Crippen molar-refractivity contribution in [2.45, 2.75) is 52.8 Å². The van der Waals surface area contributed by atoms with Gasteiger partial charge in [-0.05, 0) is 46.8 Å². The molecule has 3 nitrogen and oxygen atoms in total. The molecule has 1 aromatic rings. The van der Waals surface area contributed by atoms with Crippen LogP contribution in [0.1, 0.15) is 34.6 Å². The summed E-state index contributed by atoms with van der Waals surface area (Å²) in [5.41, 5.74) is 0. The first-order valence-electron chi connectivity index (χ1n) is 6.68. The molecule has 0 N–H and O–H groups in total. The second-order valence-electron chi connectivity index (χ2n) is 5.27. The van der Waals surface area contributed by atoms with Gasteiger partial charge < -0.3 is 9.64 Å². The second kappa shape index (κ2) is 6.93. The Balaban J connectivity index is 2.81. The smallest absolute Gasteiger partial charge is 0.263 e. The van der Waals surface area contributed by atoms with E-state index in [1.165, 1.54) is 18.2 Å². The Labute approximate surface area is 124 Å². The SMILES string of the molecule is CC(Oc1ccc(F)c(Cl)c1)C(=O)N(C(C)C)C(C)C. The number of hydrogen-bond acceptors (Lipinski definition) is 2. The highest BCUT2D eigenvalue weighted by molar-refractivity contribution is 6.30. The van der Waals surface area contributed by atoms with E-state index in [4.69, 9.17) is 16.3 Å². The van der Waals surface area contributed by atoms with E-state index in [0.717, 1.165) is 0 Å². The zero-order valence-corrected chi connectivity index (χ0v) is 13.2. The summed E-state index contributed by atoms with van der Waals surface area (Å²) in [4.78, 5) is 14.1. The number of amides is 1. The fourth-order valence-electron chi connectivity index (χ4n) is 2.12. The first-order valence-corrected chi connectivity index (χ1v) is 7.05. The van der Waals surface area contributed by atoms with Gasteiger partial charge in [-0.1, -0.05) is 11.6 Å². The number of ether oxygens (including phenoxy) is 1. The van der Waals surface area contributed by atoms with Crippen molar-refractivity contribution in [3.05, 3.63) is 29.0 Å². The van der Waals surface area contributed by atoms with Gasteiger partial charge in [-0.15, -0.1) is 0 Å². The Kier molecular flexibility index (Phi) is 5.81. The van der Waals surface area contributed by atoms with E-state index in [-0.39, 0.29) is 23.0 Å². The third kappa shape index (κ3) is 4.10. The predicted octanol–water partition coefficient (Wildman–Crippen LogP) is 3.89. The Hall–Kier alpha value is -1.29. The molecule has 1 atom stereocenters. The molecular weight excluding hydrogens is 281 g/mol. The Bertz CT molecular complexity index is 469. The van der Waals surface area contributed by atoms with Gasteiger partial charge in [-0.25, -0.2) is 4.39 Å². The number of carbonyl (C=O) groups is 1. The largest absolute Gasteiger partial charge is 0.481 e. The van der Waals surface area contributed by atoms with Crippen LogP contribution in [0.25, 0.3) is 0 Å². The number of halogens is 2. The lowest BCUT2D eigenvalue weighted by molar-refractivity contribution is -0.141. The lowest BCUT2D eigenvalue weighted by atomic mass is 10.2. The average Bonchev–Trinajstić information content (AvgIpc) is 2.32. The van der Waals surface area contributed by atoms with Crippen LogP contribution in [-0.2, 0) is 4.79 Å². The van der Waals surface area contributed by atoms with Crippen molar-refractivity contribution in [3.8, 4) is 5.75 Å². The van der Waals surface area contributed by atoms with Gasteiger partial charge >= 0.3 is 0 Å². The zero-order valence-electron chi connectivity index (χ0n) is 12.5. The van der Waals surface area contributed by atoms with Gasteiger partial charge in [0.2, 0.25) is 0 Å². The summed E-state index contributed by atoms with van der Waals surface area (Å²) >= 11 is 5.69.